The summed E-state index contributed by atoms with van der Waals surface area (Å²) in [5, 5.41) is 5.44. The number of carbonyl (C=O) groups is 1. The first-order valence-corrected chi connectivity index (χ1v) is 13.6. The number of para-hydroxylation sites is 1. The summed E-state index contributed by atoms with van der Waals surface area (Å²) in [6, 6.07) is 12.2. The van der Waals surface area contributed by atoms with Crippen molar-refractivity contribution < 1.29 is 22.7 Å². The average molecular weight is 476 g/mol. The number of anilines is 2. The van der Waals surface area contributed by atoms with Gasteiger partial charge in [0.2, 0.25) is 0 Å². The Hall–Kier alpha value is -2.35. The van der Waals surface area contributed by atoms with Crippen LogP contribution in [0, 0.1) is 0 Å². The van der Waals surface area contributed by atoms with Crippen LogP contribution < -0.4 is 18.7 Å². The molecule has 0 bridgehead atoms. The van der Waals surface area contributed by atoms with Crippen LogP contribution in [0.15, 0.2) is 67.8 Å². The number of ether oxygens (including phenoxy) is 1. The number of allylic oxidation sites excluding steroid dienone is 2. The molecule has 0 saturated carbocycles. The second-order valence-electron chi connectivity index (χ2n) is 6.03. The number of hydrogen-bond donors (Lipinski definition) is 2. The van der Waals surface area contributed by atoms with Crippen LogP contribution in [0.1, 0.15) is 6.92 Å². The van der Waals surface area contributed by atoms with E-state index >= 15 is 0 Å². The molecule has 1 aliphatic heterocycles. The molecule has 0 atom stereocenters. The molecular weight excluding hydrogens is 460 g/mol. The Kier molecular flexibility index (Phi) is 5.84. The minimum atomic E-state index is -4.75. The second-order valence-corrected chi connectivity index (χ2v) is 12.9. The summed E-state index contributed by atoms with van der Waals surface area (Å²) in [5.41, 5.74) is 2.36. The third-order valence-corrected chi connectivity index (χ3v) is 11.7. The maximum atomic E-state index is 12.3. The summed E-state index contributed by atoms with van der Waals surface area (Å²) in [7, 11) is 0. The Labute approximate surface area is 162 Å². The van der Waals surface area contributed by atoms with E-state index in [1.54, 1.807) is 0 Å². The minimum absolute atomic E-state index is 0.344. The number of hydrogen-bond acceptors (Lipinski definition) is 2. The number of urea groups is 1. The second kappa shape index (κ2) is 8.12. The Morgan fingerprint density at radius 1 is 1.04 bits per heavy atom. The first-order chi connectivity index (χ1) is 12.8. The van der Waals surface area contributed by atoms with Crippen LogP contribution in [-0.2, 0) is 0 Å². The van der Waals surface area contributed by atoms with E-state index in [9.17, 15) is 18.0 Å². The average Bonchev–Trinajstić information content (AvgIpc) is 3.02. The number of benzene rings is 2. The van der Waals surface area contributed by atoms with Crippen LogP contribution in [0.2, 0.25) is 0 Å². The summed E-state index contributed by atoms with van der Waals surface area (Å²) in [4.78, 5) is 12.3. The molecule has 0 aliphatic carbocycles. The number of alkyl halides is 3. The van der Waals surface area contributed by atoms with Crippen molar-refractivity contribution in [1.29, 1.82) is 0 Å². The van der Waals surface area contributed by atoms with Gasteiger partial charge in [0, 0.05) is 0 Å². The van der Waals surface area contributed by atoms with Crippen molar-refractivity contribution in [3.8, 4) is 5.75 Å². The molecule has 0 saturated heterocycles. The van der Waals surface area contributed by atoms with Gasteiger partial charge in [0.05, 0.1) is 0 Å². The molecule has 2 aromatic carbocycles. The van der Waals surface area contributed by atoms with Crippen molar-refractivity contribution in [1.82, 2.24) is 0 Å². The van der Waals surface area contributed by atoms with Crippen LogP contribution >= 0.6 is 0 Å². The molecule has 2 amide bonds. The van der Waals surface area contributed by atoms with Gasteiger partial charge in [0.15, 0.2) is 0 Å². The van der Waals surface area contributed by atoms with Crippen molar-refractivity contribution in [2.75, 3.05) is 10.6 Å². The van der Waals surface area contributed by atoms with Crippen LogP contribution in [0.25, 0.3) is 0 Å². The molecule has 27 heavy (non-hydrogen) atoms. The molecule has 1 heterocycles. The van der Waals surface area contributed by atoms with Gasteiger partial charge in [-0.2, -0.15) is 0 Å². The van der Waals surface area contributed by atoms with Gasteiger partial charge >= 0.3 is 162 Å². The Bertz CT molecular complexity index is 893. The van der Waals surface area contributed by atoms with Gasteiger partial charge in [-0.25, -0.2) is 0 Å². The molecule has 138 valence electrons. The van der Waals surface area contributed by atoms with Crippen LogP contribution in [0.3, 0.4) is 0 Å². The van der Waals surface area contributed by atoms with Crippen molar-refractivity contribution >= 4 is 42.2 Å². The molecule has 8 heteroatoms. The fourth-order valence-corrected chi connectivity index (χ4v) is 10.0. The fraction of sp³-hybridized carbons (Fsp3) is 0.105. The van der Waals surface area contributed by atoms with E-state index in [1.165, 1.54) is 17.7 Å². The topological polar surface area (TPSA) is 50.4 Å². The molecule has 2 aromatic rings. The molecule has 0 spiro atoms. The van der Waals surface area contributed by atoms with Crippen LogP contribution in [-0.4, -0.2) is 33.8 Å². The number of amides is 2. The fourth-order valence-electron chi connectivity index (χ4n) is 2.77. The SMILES string of the molecule is CC1=[CH][In]([c]2ccccc2NC(=O)Nc2ccc(OC(F)(F)F)cc2)[CH]=C1. The monoisotopic (exact) mass is 476 g/mol. The first kappa shape index (κ1) is 19.4. The van der Waals surface area contributed by atoms with E-state index in [2.05, 4.69) is 36.0 Å². The number of nitrogens with one attached hydrogen (secondary N) is 2. The molecule has 0 fully saturated rings. The van der Waals surface area contributed by atoms with E-state index in [0.29, 0.717) is 5.69 Å². The van der Waals surface area contributed by atoms with Crippen LogP contribution in [0.5, 0.6) is 5.75 Å². The normalized spacial score (nSPS) is 13.3. The standard InChI is InChI=1S/C14H10F3N2O2.C5H6.In/c15-14(16,17)21-12-8-6-11(7-9-12)19-13(20)18-10-4-2-1-3-5-10;1-4-5(2)3;/h1-4,6-9H,(H2,18,19,20);1-2,4H,3H3;. The number of carbonyl (C=O) groups excluding carboxylic acids is 1. The predicted molar refractivity (Wildman–Crippen MR) is 100 cm³/mol. The van der Waals surface area contributed by atoms with Gasteiger partial charge in [-0.15, -0.1) is 0 Å². The zero-order valence-electron chi connectivity index (χ0n) is 14.4. The Morgan fingerprint density at radius 3 is 2.37 bits per heavy atom. The van der Waals surface area contributed by atoms with E-state index in [1.807, 2.05) is 24.3 Å². The number of rotatable bonds is 4. The zero-order valence-corrected chi connectivity index (χ0v) is 17.7. The summed E-state index contributed by atoms with van der Waals surface area (Å²) in [5.74, 6) is -0.344. The van der Waals surface area contributed by atoms with Gasteiger partial charge in [-0.3, -0.25) is 0 Å². The van der Waals surface area contributed by atoms with E-state index in [0.717, 1.165) is 21.1 Å². The molecule has 0 aromatic heterocycles. The molecular formula is C19H16F3InN2O2. The zero-order chi connectivity index (χ0) is 19.4. The van der Waals surface area contributed by atoms with Gasteiger partial charge in [-0.05, 0) is 0 Å². The van der Waals surface area contributed by atoms with E-state index < -0.39 is 33.8 Å². The third kappa shape index (κ3) is 5.56. The summed E-state index contributed by atoms with van der Waals surface area (Å²) in [6.45, 7) is 2.06. The number of halogens is 3. The van der Waals surface area contributed by atoms with Crippen molar-refractivity contribution in [2.24, 2.45) is 0 Å². The van der Waals surface area contributed by atoms with Gasteiger partial charge < -0.3 is 0 Å². The summed E-state index contributed by atoms with van der Waals surface area (Å²) >= 11 is -2.18. The summed E-state index contributed by atoms with van der Waals surface area (Å²) in [6.07, 6.45) is -2.63. The molecule has 0 unspecified atom stereocenters. The molecule has 4 nitrogen and oxygen atoms in total. The van der Waals surface area contributed by atoms with E-state index in [-0.39, 0.29) is 5.75 Å². The molecule has 2 N–H and O–H groups in total. The van der Waals surface area contributed by atoms with E-state index in [4.69, 9.17) is 0 Å². The maximum absolute atomic E-state index is 12.3. The van der Waals surface area contributed by atoms with Crippen molar-refractivity contribution in [3.63, 3.8) is 0 Å². The van der Waals surface area contributed by atoms with Gasteiger partial charge in [-0.1, -0.05) is 0 Å². The van der Waals surface area contributed by atoms with Gasteiger partial charge in [0.25, 0.3) is 0 Å². The van der Waals surface area contributed by atoms with Gasteiger partial charge in [0.1, 0.15) is 0 Å². The molecule has 1 aliphatic rings. The third-order valence-electron chi connectivity index (χ3n) is 3.92. The quantitative estimate of drug-likeness (QED) is 0.682. The van der Waals surface area contributed by atoms with Crippen molar-refractivity contribution in [3.05, 3.63) is 67.8 Å². The Balaban J connectivity index is 1.66. The predicted octanol–water partition coefficient (Wildman–Crippen LogP) is 4.53. The first-order valence-electron chi connectivity index (χ1n) is 8.19. The molecule has 0 radical (unpaired) electrons. The summed E-state index contributed by atoms with van der Waals surface area (Å²) < 4.78 is 46.1. The Morgan fingerprint density at radius 2 is 1.74 bits per heavy atom. The van der Waals surface area contributed by atoms with Crippen molar-refractivity contribution in [2.45, 2.75) is 13.3 Å². The molecule has 3 rings (SSSR count). The van der Waals surface area contributed by atoms with Crippen LogP contribution in [0.4, 0.5) is 29.3 Å².